The third-order valence-corrected chi connectivity index (χ3v) is 4.98. The van der Waals surface area contributed by atoms with Gasteiger partial charge in [-0.2, -0.15) is 5.10 Å². The van der Waals surface area contributed by atoms with Gasteiger partial charge in [-0.15, -0.1) is 0 Å². The van der Waals surface area contributed by atoms with Crippen LogP contribution in [0.4, 0.5) is 4.39 Å². The summed E-state index contributed by atoms with van der Waals surface area (Å²) in [4.78, 5) is 11.3. The van der Waals surface area contributed by atoms with Crippen molar-refractivity contribution in [2.75, 3.05) is 7.11 Å². The van der Waals surface area contributed by atoms with Gasteiger partial charge in [-0.05, 0) is 39.2 Å². The minimum atomic E-state index is -0.620. The molecule has 0 spiro atoms. The van der Waals surface area contributed by atoms with Crippen LogP contribution in [-0.2, 0) is 25.4 Å². The van der Waals surface area contributed by atoms with Crippen LogP contribution < -0.4 is 5.46 Å². The third kappa shape index (κ3) is 3.39. The molecule has 6 nitrogen and oxygen atoms in total. The number of carbonyl (C=O) groups is 1. The number of nitrogens with zero attached hydrogens (tertiary/aromatic N) is 2. The number of ether oxygens (including phenoxy) is 1. The first kappa shape index (κ1) is 18.6. The first-order valence-electron chi connectivity index (χ1n) is 8.38. The molecule has 1 saturated heterocycles. The molecule has 1 aliphatic rings. The van der Waals surface area contributed by atoms with Crippen LogP contribution in [0.25, 0.3) is 11.1 Å². The Kier molecular flexibility index (Phi) is 4.66. The highest BCUT2D eigenvalue weighted by atomic mass is 19.1. The van der Waals surface area contributed by atoms with Crippen molar-refractivity contribution in [2.45, 2.75) is 45.4 Å². The Labute approximate surface area is 152 Å². The summed E-state index contributed by atoms with van der Waals surface area (Å²) in [5.41, 5.74) is 0.615. The largest absolute Gasteiger partial charge is 0.494 e. The lowest BCUT2D eigenvalue weighted by Crippen LogP contribution is -2.41. The smallest absolute Gasteiger partial charge is 0.468 e. The van der Waals surface area contributed by atoms with Crippen LogP contribution in [0.5, 0.6) is 0 Å². The highest BCUT2D eigenvalue weighted by Gasteiger charge is 2.51. The molecule has 0 N–H and O–H groups in total. The van der Waals surface area contributed by atoms with E-state index in [1.54, 1.807) is 18.3 Å². The van der Waals surface area contributed by atoms with Gasteiger partial charge in [0.15, 0.2) is 0 Å². The Morgan fingerprint density at radius 2 is 1.92 bits per heavy atom. The zero-order chi connectivity index (χ0) is 19.1. The minimum absolute atomic E-state index is 0.0237. The van der Waals surface area contributed by atoms with Crippen LogP contribution in [0.15, 0.2) is 30.6 Å². The number of hydrogen-bond acceptors (Lipinski definition) is 5. The number of hydrogen-bond donors (Lipinski definition) is 0. The van der Waals surface area contributed by atoms with Gasteiger partial charge in [-0.3, -0.25) is 9.48 Å². The standard InChI is InChI=1S/C18H22BFN2O4/c1-17(2)18(3,4)26-19(25-17)13-6-7-14(15(20)8-13)12-9-21-22(10-12)11-16(23)24-5/h6-10H,11H2,1-5H3. The molecular formula is C18H22BFN2O4. The molecule has 1 aromatic heterocycles. The Bertz CT molecular complexity index is 818. The maximum absolute atomic E-state index is 14.7. The fourth-order valence-electron chi connectivity index (χ4n) is 2.68. The van der Waals surface area contributed by atoms with Crippen molar-refractivity contribution in [2.24, 2.45) is 0 Å². The van der Waals surface area contributed by atoms with Gasteiger partial charge in [0.25, 0.3) is 0 Å². The van der Waals surface area contributed by atoms with Crippen molar-refractivity contribution in [3.63, 3.8) is 0 Å². The molecule has 2 heterocycles. The Balaban J connectivity index is 1.82. The fraction of sp³-hybridized carbons (Fsp3) is 0.444. The van der Waals surface area contributed by atoms with E-state index in [1.165, 1.54) is 24.1 Å². The number of benzene rings is 1. The predicted molar refractivity (Wildman–Crippen MR) is 95.4 cm³/mol. The molecule has 0 saturated carbocycles. The van der Waals surface area contributed by atoms with E-state index in [0.29, 0.717) is 16.6 Å². The lowest BCUT2D eigenvalue weighted by atomic mass is 9.78. The summed E-state index contributed by atoms with van der Waals surface area (Å²) < 4.78 is 32.6. The maximum atomic E-state index is 14.7. The highest BCUT2D eigenvalue weighted by Crippen LogP contribution is 2.36. The van der Waals surface area contributed by atoms with Crippen molar-refractivity contribution in [3.05, 3.63) is 36.4 Å². The Morgan fingerprint density at radius 3 is 2.50 bits per heavy atom. The summed E-state index contributed by atoms with van der Waals surface area (Å²) in [6.45, 7) is 7.78. The summed E-state index contributed by atoms with van der Waals surface area (Å²) in [6, 6.07) is 4.85. The van der Waals surface area contributed by atoms with E-state index >= 15 is 0 Å². The van der Waals surface area contributed by atoms with Crippen LogP contribution in [0.3, 0.4) is 0 Å². The average Bonchev–Trinajstić information content (AvgIpc) is 3.09. The van der Waals surface area contributed by atoms with Crippen molar-refractivity contribution < 1.29 is 23.2 Å². The molecule has 0 unspecified atom stereocenters. The monoisotopic (exact) mass is 360 g/mol. The van der Waals surface area contributed by atoms with Crippen LogP contribution in [-0.4, -0.2) is 41.2 Å². The van der Waals surface area contributed by atoms with Gasteiger partial charge < -0.3 is 14.0 Å². The molecule has 0 bridgehead atoms. The molecule has 1 aromatic carbocycles. The number of esters is 1. The quantitative estimate of drug-likeness (QED) is 0.618. The molecule has 1 fully saturated rings. The number of rotatable bonds is 4. The van der Waals surface area contributed by atoms with Gasteiger partial charge in [-0.25, -0.2) is 4.39 Å². The summed E-state index contributed by atoms with van der Waals surface area (Å²) in [5, 5.41) is 4.06. The lowest BCUT2D eigenvalue weighted by molar-refractivity contribution is -0.141. The molecule has 1 aliphatic heterocycles. The van der Waals surface area contributed by atoms with Crippen molar-refractivity contribution in [1.29, 1.82) is 0 Å². The summed E-state index contributed by atoms with van der Waals surface area (Å²) in [5.74, 6) is -0.828. The average molecular weight is 360 g/mol. The summed E-state index contributed by atoms with van der Waals surface area (Å²) >= 11 is 0. The first-order valence-corrected chi connectivity index (χ1v) is 8.38. The Morgan fingerprint density at radius 1 is 1.27 bits per heavy atom. The molecule has 3 rings (SSSR count). The van der Waals surface area contributed by atoms with E-state index in [1.807, 2.05) is 27.7 Å². The number of halogens is 1. The maximum Gasteiger partial charge on any atom is 0.494 e. The molecule has 0 aliphatic carbocycles. The number of methoxy groups -OCH3 is 1. The van der Waals surface area contributed by atoms with Gasteiger partial charge in [0, 0.05) is 17.3 Å². The van der Waals surface area contributed by atoms with Gasteiger partial charge in [0.2, 0.25) is 0 Å². The molecule has 2 aromatic rings. The van der Waals surface area contributed by atoms with Crippen molar-refractivity contribution in [1.82, 2.24) is 9.78 Å². The van der Waals surface area contributed by atoms with E-state index in [0.717, 1.165) is 0 Å². The molecule has 26 heavy (non-hydrogen) atoms. The Hall–Kier alpha value is -2.19. The van der Waals surface area contributed by atoms with E-state index in [9.17, 15) is 9.18 Å². The fourth-order valence-corrected chi connectivity index (χ4v) is 2.68. The van der Waals surface area contributed by atoms with E-state index in [2.05, 4.69) is 9.84 Å². The number of carbonyl (C=O) groups excluding carboxylic acids is 1. The highest BCUT2D eigenvalue weighted by molar-refractivity contribution is 6.62. The number of aromatic nitrogens is 2. The molecule has 0 amide bonds. The zero-order valence-corrected chi connectivity index (χ0v) is 15.6. The van der Waals surface area contributed by atoms with Gasteiger partial charge in [0.05, 0.1) is 24.5 Å². The van der Waals surface area contributed by atoms with E-state index in [4.69, 9.17) is 9.31 Å². The van der Waals surface area contributed by atoms with E-state index < -0.39 is 30.1 Å². The second-order valence-corrected chi connectivity index (χ2v) is 7.33. The van der Waals surface area contributed by atoms with Crippen LogP contribution >= 0.6 is 0 Å². The van der Waals surface area contributed by atoms with Gasteiger partial charge in [0.1, 0.15) is 12.4 Å². The van der Waals surface area contributed by atoms with Gasteiger partial charge >= 0.3 is 13.1 Å². The first-order chi connectivity index (χ1) is 12.1. The van der Waals surface area contributed by atoms with Crippen LogP contribution in [0, 0.1) is 5.82 Å². The molecular weight excluding hydrogens is 338 g/mol. The SMILES string of the molecule is COC(=O)Cn1cc(-c2ccc(B3OC(C)(C)C(C)(C)O3)cc2F)cn1. The summed E-state index contributed by atoms with van der Waals surface area (Å²) in [6.07, 6.45) is 3.11. The molecule has 8 heteroatoms. The minimum Gasteiger partial charge on any atom is -0.468 e. The normalized spacial score (nSPS) is 18.2. The molecule has 138 valence electrons. The van der Waals surface area contributed by atoms with Gasteiger partial charge in [-0.1, -0.05) is 12.1 Å². The zero-order valence-electron chi connectivity index (χ0n) is 15.6. The molecule has 0 radical (unpaired) electrons. The lowest BCUT2D eigenvalue weighted by Gasteiger charge is -2.32. The molecule has 0 atom stereocenters. The van der Waals surface area contributed by atoms with Crippen LogP contribution in [0.1, 0.15) is 27.7 Å². The topological polar surface area (TPSA) is 62.6 Å². The second kappa shape index (κ2) is 6.52. The third-order valence-electron chi connectivity index (χ3n) is 4.98. The summed E-state index contributed by atoms with van der Waals surface area (Å²) in [7, 11) is 0.687. The second-order valence-electron chi connectivity index (χ2n) is 7.33. The van der Waals surface area contributed by atoms with Crippen LogP contribution in [0.2, 0.25) is 0 Å². The predicted octanol–water partition coefficient (Wildman–Crippen LogP) is 2.16. The van der Waals surface area contributed by atoms with E-state index in [-0.39, 0.29) is 6.54 Å². The van der Waals surface area contributed by atoms with Crippen molar-refractivity contribution >= 4 is 18.6 Å². The van der Waals surface area contributed by atoms with Crippen molar-refractivity contribution in [3.8, 4) is 11.1 Å².